The third kappa shape index (κ3) is 12.3. The van der Waals surface area contributed by atoms with E-state index in [1.807, 2.05) is 0 Å². The van der Waals surface area contributed by atoms with Crippen molar-refractivity contribution in [3.05, 3.63) is 55.1 Å². The van der Waals surface area contributed by atoms with Crippen LogP contribution in [0.5, 0.6) is 5.75 Å². The monoisotopic (exact) mass is 516 g/mol. The molecule has 1 aromatic carbocycles. The first-order valence-corrected chi connectivity index (χ1v) is 11.7. The molecule has 0 aliphatic rings. The van der Waals surface area contributed by atoms with Crippen molar-refractivity contribution >= 4 is 29.7 Å². The topological polar surface area (TPSA) is 198 Å². The molecule has 0 heterocycles. The molecule has 3 atom stereocenters. The highest BCUT2D eigenvalue weighted by Crippen LogP contribution is 2.14. The molecular weight excluding hydrogens is 480 g/mol. The predicted molar refractivity (Wildman–Crippen MR) is 140 cm³/mol. The predicted octanol–water partition coefficient (Wildman–Crippen LogP) is -0.0175. The summed E-state index contributed by atoms with van der Waals surface area (Å²) in [4.78, 5) is 53.2. The van der Waals surface area contributed by atoms with Gasteiger partial charge in [-0.05, 0) is 37.0 Å². The van der Waals surface area contributed by atoms with Crippen molar-refractivity contribution in [1.82, 2.24) is 16.0 Å². The summed E-state index contributed by atoms with van der Waals surface area (Å²) in [5, 5.41) is 17.0. The van der Waals surface area contributed by atoms with E-state index >= 15 is 0 Å². The van der Waals surface area contributed by atoms with Gasteiger partial charge in [-0.1, -0.05) is 30.9 Å². The average molecular weight is 517 g/mol. The van der Waals surface area contributed by atoms with Crippen LogP contribution in [0.3, 0.4) is 0 Å². The maximum absolute atomic E-state index is 13.2. The van der Waals surface area contributed by atoms with E-state index in [-0.39, 0.29) is 31.8 Å². The van der Waals surface area contributed by atoms with E-state index < -0.39 is 41.8 Å². The highest BCUT2D eigenvalue weighted by atomic mass is 16.5. The Bertz CT molecular complexity index is 974. The number of rotatable bonds is 17. The lowest BCUT2D eigenvalue weighted by molar-refractivity contribution is -0.142. The van der Waals surface area contributed by atoms with Crippen LogP contribution in [-0.2, 0) is 25.6 Å². The average Bonchev–Trinajstić information content (AvgIpc) is 2.84. The van der Waals surface area contributed by atoms with Crippen molar-refractivity contribution < 1.29 is 29.0 Å². The molecule has 202 valence electrons. The van der Waals surface area contributed by atoms with Crippen LogP contribution in [0.1, 0.15) is 31.7 Å². The van der Waals surface area contributed by atoms with Crippen LogP contribution in [0.2, 0.25) is 0 Å². The van der Waals surface area contributed by atoms with Crippen molar-refractivity contribution in [3.8, 4) is 5.75 Å². The highest BCUT2D eigenvalue weighted by Gasteiger charge is 2.28. The van der Waals surface area contributed by atoms with Crippen LogP contribution in [0.4, 0.5) is 0 Å². The van der Waals surface area contributed by atoms with Gasteiger partial charge in [0.2, 0.25) is 17.7 Å². The Hall–Kier alpha value is -4.35. The molecule has 1 rings (SSSR count). The van der Waals surface area contributed by atoms with Gasteiger partial charge in [0.25, 0.3) is 0 Å². The van der Waals surface area contributed by atoms with Gasteiger partial charge < -0.3 is 37.3 Å². The number of carboxylic acid groups (broad SMARTS) is 1. The summed E-state index contributed by atoms with van der Waals surface area (Å²) >= 11 is 0. The lowest BCUT2D eigenvalue weighted by Crippen LogP contribution is -2.56. The van der Waals surface area contributed by atoms with E-state index in [4.69, 9.17) is 16.2 Å². The molecule has 12 nitrogen and oxygen atoms in total. The van der Waals surface area contributed by atoms with Gasteiger partial charge in [0.1, 0.15) is 30.5 Å². The van der Waals surface area contributed by atoms with Gasteiger partial charge in [-0.3, -0.25) is 19.4 Å². The number of hydrogen-bond donors (Lipinski definition) is 6. The van der Waals surface area contributed by atoms with E-state index in [2.05, 4.69) is 34.1 Å². The Morgan fingerprint density at radius 3 is 2.16 bits per heavy atom. The first-order chi connectivity index (χ1) is 17.6. The van der Waals surface area contributed by atoms with Gasteiger partial charge in [-0.2, -0.15) is 0 Å². The number of ether oxygens (including phenoxy) is 1. The molecule has 37 heavy (non-hydrogen) atoms. The Kier molecular flexibility index (Phi) is 13.6. The summed E-state index contributed by atoms with van der Waals surface area (Å²) in [5.41, 5.74) is 11.4. The highest BCUT2D eigenvalue weighted by molar-refractivity contribution is 5.93. The molecule has 0 unspecified atom stereocenters. The van der Waals surface area contributed by atoms with Crippen molar-refractivity contribution in [2.24, 2.45) is 16.5 Å². The molecule has 0 spiro atoms. The molecule has 0 aliphatic carbocycles. The number of carbonyl (C=O) groups excluding carboxylic acids is 3. The normalized spacial score (nSPS) is 12.7. The number of guanidine groups is 1. The quantitative estimate of drug-likeness (QED) is 0.0718. The Balaban J connectivity index is 3.03. The van der Waals surface area contributed by atoms with Crippen LogP contribution < -0.4 is 32.2 Å². The third-order valence-corrected chi connectivity index (χ3v) is 5.02. The first kappa shape index (κ1) is 30.7. The van der Waals surface area contributed by atoms with Crippen LogP contribution in [-0.4, -0.2) is 66.0 Å². The molecule has 0 saturated carbocycles. The Morgan fingerprint density at radius 1 is 1.00 bits per heavy atom. The molecule has 8 N–H and O–H groups in total. The minimum atomic E-state index is -1.24. The molecular formula is C25H36N6O6. The molecule has 1 aromatic rings. The second-order valence-electron chi connectivity index (χ2n) is 8.13. The first-order valence-electron chi connectivity index (χ1n) is 11.7. The SMILES string of the molecule is C=CCOc1ccc(C[C@H](NC(C)=O)C(=O)N[C@H](CCCN=C(N)N)C(=O)N[C@@H](CC=C)C(=O)O)cc1. The summed E-state index contributed by atoms with van der Waals surface area (Å²) < 4.78 is 5.45. The minimum absolute atomic E-state index is 0.00321. The summed E-state index contributed by atoms with van der Waals surface area (Å²) in [5.74, 6) is -2.48. The number of aliphatic carboxylic acids is 1. The van der Waals surface area contributed by atoms with Crippen LogP contribution in [0.25, 0.3) is 0 Å². The van der Waals surface area contributed by atoms with Gasteiger partial charge in [0, 0.05) is 19.9 Å². The van der Waals surface area contributed by atoms with E-state index in [9.17, 15) is 24.3 Å². The molecule has 0 fully saturated rings. The number of nitrogens with two attached hydrogens (primary N) is 2. The molecule has 12 heteroatoms. The van der Waals surface area contributed by atoms with Crippen molar-refractivity contribution in [3.63, 3.8) is 0 Å². The van der Waals surface area contributed by atoms with Crippen LogP contribution >= 0.6 is 0 Å². The third-order valence-electron chi connectivity index (χ3n) is 5.02. The lowest BCUT2D eigenvalue weighted by Gasteiger charge is -2.24. The summed E-state index contributed by atoms with van der Waals surface area (Å²) in [6.07, 6.45) is 3.57. The van der Waals surface area contributed by atoms with Crippen LogP contribution in [0, 0.1) is 0 Å². The van der Waals surface area contributed by atoms with Crippen molar-refractivity contribution in [2.75, 3.05) is 13.2 Å². The zero-order valence-corrected chi connectivity index (χ0v) is 20.9. The number of nitrogens with one attached hydrogen (secondary N) is 3. The maximum atomic E-state index is 13.2. The van der Waals surface area contributed by atoms with E-state index in [1.165, 1.54) is 13.0 Å². The second-order valence-corrected chi connectivity index (χ2v) is 8.13. The number of hydrogen-bond acceptors (Lipinski definition) is 6. The zero-order chi connectivity index (χ0) is 27.8. The summed E-state index contributed by atoms with van der Waals surface area (Å²) in [7, 11) is 0. The molecule has 0 radical (unpaired) electrons. The molecule has 0 aromatic heterocycles. The number of benzene rings is 1. The number of nitrogens with zero attached hydrogens (tertiary/aromatic N) is 1. The Labute approximate surface area is 216 Å². The van der Waals surface area contributed by atoms with E-state index in [0.29, 0.717) is 18.8 Å². The van der Waals surface area contributed by atoms with E-state index in [0.717, 1.165) is 5.56 Å². The van der Waals surface area contributed by atoms with E-state index in [1.54, 1.807) is 30.3 Å². The number of aliphatic imine (C=N–C) groups is 1. The molecule has 0 bridgehead atoms. The maximum Gasteiger partial charge on any atom is 0.326 e. The molecule has 0 aliphatic heterocycles. The van der Waals surface area contributed by atoms with Crippen molar-refractivity contribution in [1.29, 1.82) is 0 Å². The lowest BCUT2D eigenvalue weighted by atomic mass is 10.0. The fourth-order valence-electron chi connectivity index (χ4n) is 3.27. The van der Waals surface area contributed by atoms with Crippen molar-refractivity contribution in [2.45, 2.75) is 50.7 Å². The summed E-state index contributed by atoms with van der Waals surface area (Å²) in [6, 6.07) is 3.67. The number of amides is 3. The summed E-state index contributed by atoms with van der Waals surface area (Å²) in [6.45, 7) is 8.91. The Morgan fingerprint density at radius 2 is 1.62 bits per heavy atom. The van der Waals surface area contributed by atoms with Gasteiger partial charge >= 0.3 is 5.97 Å². The van der Waals surface area contributed by atoms with Gasteiger partial charge in [-0.25, -0.2) is 4.79 Å². The molecule has 0 saturated heterocycles. The largest absolute Gasteiger partial charge is 0.490 e. The number of carboxylic acids is 1. The zero-order valence-electron chi connectivity index (χ0n) is 20.9. The standard InChI is InChI=1S/C25H36N6O6/c1-4-7-20(24(35)36)31-22(33)19(8-6-13-28-25(26)27)30-23(34)21(29-16(3)32)15-17-9-11-18(12-10-17)37-14-5-2/h4-5,9-12,19-21H,1-2,6-8,13-15H2,3H3,(H,29,32)(H,30,34)(H,31,33)(H,35,36)(H4,26,27,28)/t19-,20+,21+/m1/s1. The molecule has 3 amide bonds. The van der Waals surface area contributed by atoms with Gasteiger partial charge in [0.05, 0.1) is 0 Å². The van der Waals surface area contributed by atoms with Crippen LogP contribution in [0.15, 0.2) is 54.6 Å². The minimum Gasteiger partial charge on any atom is -0.490 e. The van der Waals surface area contributed by atoms with Gasteiger partial charge in [-0.15, -0.1) is 6.58 Å². The fraction of sp³-hybridized carbons (Fsp3) is 0.400. The second kappa shape index (κ2) is 16.3. The smallest absolute Gasteiger partial charge is 0.326 e. The fourth-order valence-corrected chi connectivity index (χ4v) is 3.27. The van der Waals surface area contributed by atoms with Gasteiger partial charge in [0.15, 0.2) is 5.96 Å². The number of carbonyl (C=O) groups is 4.